The van der Waals surface area contributed by atoms with Gasteiger partial charge in [0.25, 0.3) is 5.91 Å². The molecule has 1 amide bonds. The summed E-state index contributed by atoms with van der Waals surface area (Å²) < 4.78 is 1.69. The summed E-state index contributed by atoms with van der Waals surface area (Å²) >= 11 is 0. The van der Waals surface area contributed by atoms with Crippen LogP contribution in [-0.4, -0.2) is 41.2 Å². The van der Waals surface area contributed by atoms with Crippen molar-refractivity contribution in [2.45, 2.75) is 26.5 Å². The summed E-state index contributed by atoms with van der Waals surface area (Å²) in [4.78, 5) is 19.0. The van der Waals surface area contributed by atoms with Gasteiger partial charge in [-0.15, -0.1) is 5.10 Å². The number of hydrogen-bond acceptors (Lipinski definition) is 6. The Morgan fingerprint density at radius 2 is 2.23 bits per heavy atom. The number of hydroxylamine groups is 1. The van der Waals surface area contributed by atoms with Gasteiger partial charge in [0.1, 0.15) is 17.6 Å². The summed E-state index contributed by atoms with van der Waals surface area (Å²) in [5.41, 5.74) is 4.47. The first-order chi connectivity index (χ1) is 12.5. The summed E-state index contributed by atoms with van der Waals surface area (Å²) in [6.07, 6.45) is 4.33. The van der Waals surface area contributed by atoms with E-state index in [0.717, 1.165) is 28.5 Å². The third kappa shape index (κ3) is 3.63. The van der Waals surface area contributed by atoms with Crippen molar-refractivity contribution in [2.75, 3.05) is 0 Å². The van der Waals surface area contributed by atoms with Crippen LogP contribution in [0.15, 0.2) is 30.5 Å². The minimum Gasteiger partial charge on any atom is -0.392 e. The second-order valence-electron chi connectivity index (χ2n) is 6.25. The molecular weight excluding hydrogens is 336 g/mol. The van der Waals surface area contributed by atoms with Crippen molar-refractivity contribution in [3.05, 3.63) is 47.6 Å². The number of nitrogens with one attached hydrogen (secondary N) is 2. The molecule has 9 heteroatoms. The molecule has 4 N–H and O–H groups in total. The zero-order chi connectivity index (χ0) is 18.7. The fourth-order valence-corrected chi connectivity index (χ4v) is 2.76. The largest absolute Gasteiger partial charge is 0.392 e. The highest BCUT2D eigenvalue weighted by Crippen LogP contribution is 2.26. The maximum absolute atomic E-state index is 11.1. The summed E-state index contributed by atoms with van der Waals surface area (Å²) in [5.74, 6) is 0.266. The van der Waals surface area contributed by atoms with E-state index >= 15 is 0 Å². The number of hydrogen-bond donors (Lipinski definition) is 4. The Hall–Kier alpha value is -3.04. The monoisotopic (exact) mass is 356 g/mol. The van der Waals surface area contributed by atoms with E-state index in [1.807, 2.05) is 32.0 Å². The number of imidazole rings is 1. The third-order valence-electron chi connectivity index (χ3n) is 3.99. The lowest BCUT2D eigenvalue weighted by atomic mass is 10.0. The van der Waals surface area contributed by atoms with Gasteiger partial charge in [0.05, 0.1) is 23.8 Å². The van der Waals surface area contributed by atoms with E-state index in [-0.39, 0.29) is 18.6 Å². The van der Waals surface area contributed by atoms with E-state index in [4.69, 9.17) is 5.21 Å². The zero-order valence-corrected chi connectivity index (χ0v) is 14.4. The van der Waals surface area contributed by atoms with Crippen molar-refractivity contribution in [3.8, 4) is 0 Å². The molecule has 26 heavy (non-hydrogen) atoms. The van der Waals surface area contributed by atoms with Gasteiger partial charge in [-0.2, -0.15) is 0 Å². The maximum Gasteiger partial charge on any atom is 0.267 e. The van der Waals surface area contributed by atoms with Crippen LogP contribution in [0.3, 0.4) is 0 Å². The predicted octanol–water partition coefficient (Wildman–Crippen LogP) is 1.41. The molecule has 3 rings (SSSR count). The van der Waals surface area contributed by atoms with Crippen LogP contribution in [0.4, 0.5) is 0 Å². The van der Waals surface area contributed by atoms with Gasteiger partial charge in [0.15, 0.2) is 0 Å². The lowest BCUT2D eigenvalue weighted by Crippen LogP contribution is -2.18. The molecule has 1 aromatic carbocycles. The van der Waals surface area contributed by atoms with Crippen LogP contribution in [0, 0.1) is 5.92 Å². The molecule has 0 saturated heterocycles. The molecule has 0 aliphatic heterocycles. The van der Waals surface area contributed by atoms with Gasteiger partial charge in [-0.25, -0.2) is 15.1 Å². The predicted molar refractivity (Wildman–Crippen MR) is 94.0 cm³/mol. The van der Waals surface area contributed by atoms with E-state index in [1.54, 1.807) is 10.9 Å². The quantitative estimate of drug-likeness (QED) is 0.300. The molecule has 136 valence electrons. The van der Waals surface area contributed by atoms with Gasteiger partial charge in [0.2, 0.25) is 0 Å². The van der Waals surface area contributed by atoms with Crippen LogP contribution in [0.2, 0.25) is 0 Å². The Labute approximate surface area is 149 Å². The van der Waals surface area contributed by atoms with E-state index in [9.17, 15) is 9.90 Å². The number of fused-ring (bicyclic) bond motifs is 1. The number of aromatic amines is 1. The number of aliphatic hydroxyl groups excluding tert-OH is 1. The van der Waals surface area contributed by atoms with Gasteiger partial charge >= 0.3 is 0 Å². The molecule has 1 atom stereocenters. The first kappa shape index (κ1) is 17.8. The van der Waals surface area contributed by atoms with Gasteiger partial charge in [0, 0.05) is 6.08 Å². The SMILES string of the molecule is CC(C)C(c1nc2ccc(CO)cc2[nH]1)n1cc(/C=C/C(=O)NO)nn1. The second kappa shape index (κ2) is 7.46. The minimum absolute atomic E-state index is 0.0297. The highest BCUT2D eigenvalue weighted by atomic mass is 16.5. The van der Waals surface area contributed by atoms with Crippen molar-refractivity contribution in [3.63, 3.8) is 0 Å². The lowest BCUT2D eigenvalue weighted by molar-refractivity contribution is -0.124. The Kier molecular flexibility index (Phi) is 5.10. The molecular formula is C17H20N6O3. The number of amides is 1. The molecule has 0 aliphatic carbocycles. The first-order valence-electron chi connectivity index (χ1n) is 8.15. The Bertz CT molecular complexity index is 943. The zero-order valence-electron chi connectivity index (χ0n) is 14.4. The van der Waals surface area contributed by atoms with E-state index in [2.05, 4.69) is 20.3 Å². The number of carbonyl (C=O) groups excluding carboxylic acids is 1. The van der Waals surface area contributed by atoms with Crippen molar-refractivity contribution >= 4 is 23.0 Å². The van der Waals surface area contributed by atoms with Crippen molar-refractivity contribution in [1.29, 1.82) is 0 Å². The summed E-state index contributed by atoms with van der Waals surface area (Å²) in [6, 6.07) is 5.39. The van der Waals surface area contributed by atoms with Crippen molar-refractivity contribution in [2.24, 2.45) is 5.92 Å². The van der Waals surface area contributed by atoms with Crippen molar-refractivity contribution in [1.82, 2.24) is 30.4 Å². The van der Waals surface area contributed by atoms with Gasteiger partial charge < -0.3 is 10.1 Å². The molecule has 0 saturated carbocycles. The Morgan fingerprint density at radius 3 is 2.92 bits per heavy atom. The summed E-state index contributed by atoms with van der Waals surface area (Å²) in [6.45, 7) is 4.07. The summed E-state index contributed by atoms with van der Waals surface area (Å²) in [7, 11) is 0. The van der Waals surface area contributed by atoms with Crippen LogP contribution in [0.5, 0.6) is 0 Å². The van der Waals surface area contributed by atoms with E-state index in [1.165, 1.54) is 11.6 Å². The van der Waals surface area contributed by atoms with Crippen LogP contribution < -0.4 is 5.48 Å². The second-order valence-corrected chi connectivity index (χ2v) is 6.25. The fourth-order valence-electron chi connectivity index (χ4n) is 2.76. The molecule has 2 aromatic heterocycles. The molecule has 0 fully saturated rings. The number of rotatable bonds is 6. The molecule has 1 unspecified atom stereocenters. The van der Waals surface area contributed by atoms with Crippen LogP contribution in [0.25, 0.3) is 17.1 Å². The Morgan fingerprint density at radius 1 is 1.42 bits per heavy atom. The van der Waals surface area contributed by atoms with Gasteiger partial charge in [-0.1, -0.05) is 25.1 Å². The third-order valence-corrected chi connectivity index (χ3v) is 3.99. The number of benzene rings is 1. The number of aromatic nitrogens is 5. The molecule has 9 nitrogen and oxygen atoms in total. The number of H-pyrrole nitrogens is 1. The van der Waals surface area contributed by atoms with E-state index < -0.39 is 5.91 Å². The highest BCUT2D eigenvalue weighted by molar-refractivity contribution is 5.90. The standard InChI is InChI=1S/C17H20N6O3/c1-10(2)16(23-8-12(20-22-23)4-6-15(25)21-26)17-18-13-5-3-11(9-24)7-14(13)19-17/h3-8,10,16,24,26H,9H2,1-2H3,(H,18,19)(H,21,25)/b6-4+. The number of aliphatic hydroxyl groups is 1. The minimum atomic E-state index is -0.642. The average Bonchev–Trinajstić information content (AvgIpc) is 3.25. The van der Waals surface area contributed by atoms with Gasteiger partial charge in [-0.3, -0.25) is 10.0 Å². The van der Waals surface area contributed by atoms with Gasteiger partial charge in [-0.05, 0) is 29.7 Å². The highest BCUT2D eigenvalue weighted by Gasteiger charge is 2.23. The molecule has 0 aliphatic rings. The molecule has 0 bridgehead atoms. The molecule has 2 heterocycles. The number of carbonyl (C=O) groups is 1. The topological polar surface area (TPSA) is 129 Å². The molecule has 0 radical (unpaired) electrons. The number of nitrogens with zero attached hydrogens (tertiary/aromatic N) is 4. The normalized spacial score (nSPS) is 13.0. The smallest absolute Gasteiger partial charge is 0.267 e. The van der Waals surface area contributed by atoms with Crippen LogP contribution in [0.1, 0.15) is 37.0 Å². The molecule has 3 aromatic rings. The molecule has 0 spiro atoms. The summed E-state index contributed by atoms with van der Waals surface area (Å²) in [5, 5.41) is 26.0. The van der Waals surface area contributed by atoms with Crippen LogP contribution >= 0.6 is 0 Å². The van der Waals surface area contributed by atoms with Crippen LogP contribution in [-0.2, 0) is 11.4 Å². The Balaban J connectivity index is 1.94. The van der Waals surface area contributed by atoms with E-state index in [0.29, 0.717) is 5.69 Å². The maximum atomic E-state index is 11.1. The van der Waals surface area contributed by atoms with Crippen molar-refractivity contribution < 1.29 is 15.1 Å². The fraction of sp³-hybridized carbons (Fsp3) is 0.294. The average molecular weight is 356 g/mol. The lowest BCUT2D eigenvalue weighted by Gasteiger charge is -2.18. The first-order valence-corrected chi connectivity index (χ1v) is 8.15.